The van der Waals surface area contributed by atoms with Gasteiger partial charge in [0, 0.05) is 32.7 Å². The van der Waals surface area contributed by atoms with Gasteiger partial charge in [-0.25, -0.2) is 0 Å². The number of nitrogens with one attached hydrogen (secondary N) is 1. The lowest BCUT2D eigenvalue weighted by atomic mass is 9.94. The molecular formula is C15H30ClN3O. The summed E-state index contributed by atoms with van der Waals surface area (Å²) in [5.41, 5.74) is 0. The maximum atomic E-state index is 12.5. The number of amides is 1. The first-order valence-electron chi connectivity index (χ1n) is 7.83. The number of piperidine rings is 1. The summed E-state index contributed by atoms with van der Waals surface area (Å²) in [6, 6.07) is 0.452. The molecule has 1 N–H and O–H groups in total. The van der Waals surface area contributed by atoms with Gasteiger partial charge in [-0.2, -0.15) is 0 Å². The van der Waals surface area contributed by atoms with Crippen molar-refractivity contribution in [2.24, 2.45) is 11.8 Å². The summed E-state index contributed by atoms with van der Waals surface area (Å²) in [6.45, 7) is 9.76. The van der Waals surface area contributed by atoms with Crippen molar-refractivity contribution in [2.75, 3.05) is 39.8 Å². The number of likely N-dealkylation sites (tertiary alicyclic amines) is 1. The molecule has 2 aliphatic heterocycles. The van der Waals surface area contributed by atoms with Crippen molar-refractivity contribution in [3.8, 4) is 0 Å². The van der Waals surface area contributed by atoms with Crippen molar-refractivity contribution in [3.05, 3.63) is 0 Å². The molecule has 5 heteroatoms. The van der Waals surface area contributed by atoms with Crippen LogP contribution in [0.5, 0.6) is 0 Å². The lowest BCUT2D eigenvalue weighted by Gasteiger charge is -2.38. The van der Waals surface area contributed by atoms with Crippen LogP contribution in [0, 0.1) is 11.8 Å². The Kier molecular flexibility index (Phi) is 7.27. The summed E-state index contributed by atoms with van der Waals surface area (Å²) in [5.74, 6) is 1.03. The molecule has 2 fully saturated rings. The molecule has 2 saturated heterocycles. The highest BCUT2D eigenvalue weighted by molar-refractivity contribution is 5.85. The number of nitrogens with zero attached hydrogens (tertiary/aromatic N) is 2. The van der Waals surface area contributed by atoms with Crippen molar-refractivity contribution in [2.45, 2.75) is 39.2 Å². The van der Waals surface area contributed by atoms with Gasteiger partial charge in [0.25, 0.3) is 0 Å². The highest BCUT2D eigenvalue weighted by Gasteiger charge is 2.34. The maximum absolute atomic E-state index is 12.5. The van der Waals surface area contributed by atoms with Gasteiger partial charge in [-0.3, -0.25) is 4.79 Å². The lowest BCUT2D eigenvalue weighted by Crippen LogP contribution is -2.48. The molecule has 1 amide bonds. The molecule has 0 aromatic heterocycles. The third-order valence-corrected chi connectivity index (χ3v) is 4.83. The van der Waals surface area contributed by atoms with E-state index < -0.39 is 0 Å². The van der Waals surface area contributed by atoms with Crippen LogP contribution in [0.25, 0.3) is 0 Å². The Hall–Kier alpha value is -0.320. The maximum Gasteiger partial charge on any atom is 0.227 e. The van der Waals surface area contributed by atoms with Crippen molar-refractivity contribution in [1.82, 2.24) is 15.1 Å². The van der Waals surface area contributed by atoms with Gasteiger partial charge in [-0.1, -0.05) is 13.8 Å². The molecule has 0 aromatic carbocycles. The largest absolute Gasteiger partial charge is 0.342 e. The van der Waals surface area contributed by atoms with Gasteiger partial charge in [0.05, 0.1) is 5.92 Å². The average molecular weight is 304 g/mol. The van der Waals surface area contributed by atoms with Crippen LogP contribution in [-0.2, 0) is 4.79 Å². The molecule has 0 unspecified atom stereocenters. The normalized spacial score (nSPS) is 28.1. The Morgan fingerprint density at radius 2 is 1.95 bits per heavy atom. The first kappa shape index (κ1) is 17.7. The van der Waals surface area contributed by atoms with E-state index >= 15 is 0 Å². The van der Waals surface area contributed by atoms with Crippen LogP contribution in [0.3, 0.4) is 0 Å². The van der Waals surface area contributed by atoms with Gasteiger partial charge in [-0.15, -0.1) is 12.4 Å². The smallest absolute Gasteiger partial charge is 0.227 e. The molecule has 0 bridgehead atoms. The molecule has 118 valence electrons. The Balaban J connectivity index is 0.00000200. The standard InChI is InChI=1S/C15H29N3O.ClH/c1-4-7-18-8-5-13(6-9-18)17(3)15(19)14-11-16-10-12(14)2;/h12-14,16H,4-11H2,1-3H3;1H/t12-,14-;/m1./s1. The Bertz CT molecular complexity index is 305. The van der Waals surface area contributed by atoms with Crippen LogP contribution in [0.4, 0.5) is 0 Å². The monoisotopic (exact) mass is 303 g/mol. The topological polar surface area (TPSA) is 35.6 Å². The molecule has 2 atom stereocenters. The summed E-state index contributed by atoms with van der Waals surface area (Å²) in [4.78, 5) is 17.1. The van der Waals surface area contributed by atoms with Crippen molar-refractivity contribution < 1.29 is 4.79 Å². The van der Waals surface area contributed by atoms with Crippen LogP contribution in [0.1, 0.15) is 33.1 Å². The number of rotatable bonds is 4. The van der Waals surface area contributed by atoms with Crippen molar-refractivity contribution >= 4 is 18.3 Å². The highest BCUT2D eigenvalue weighted by Crippen LogP contribution is 2.22. The molecule has 0 radical (unpaired) electrons. The SMILES string of the molecule is CCCN1CCC(N(C)C(=O)[C@@H]2CNC[C@H]2C)CC1.Cl. The molecule has 20 heavy (non-hydrogen) atoms. The van der Waals surface area contributed by atoms with Crippen LogP contribution in [0.15, 0.2) is 0 Å². The minimum absolute atomic E-state index is 0. The predicted molar refractivity (Wildman–Crippen MR) is 85.3 cm³/mol. The van der Waals surface area contributed by atoms with Crippen molar-refractivity contribution in [1.29, 1.82) is 0 Å². The van der Waals surface area contributed by atoms with E-state index in [4.69, 9.17) is 0 Å². The van der Waals surface area contributed by atoms with E-state index in [2.05, 4.69) is 24.1 Å². The summed E-state index contributed by atoms with van der Waals surface area (Å²) in [7, 11) is 2.01. The van der Waals surface area contributed by atoms with Crippen LogP contribution in [0.2, 0.25) is 0 Å². The van der Waals surface area contributed by atoms with E-state index in [9.17, 15) is 4.79 Å². The molecule has 4 nitrogen and oxygen atoms in total. The molecule has 0 spiro atoms. The van der Waals surface area contributed by atoms with E-state index in [1.165, 1.54) is 13.0 Å². The second-order valence-electron chi connectivity index (χ2n) is 6.26. The minimum Gasteiger partial charge on any atom is -0.342 e. The van der Waals surface area contributed by atoms with Gasteiger partial charge >= 0.3 is 0 Å². The third kappa shape index (κ3) is 4.09. The van der Waals surface area contributed by atoms with E-state index in [0.29, 0.717) is 17.9 Å². The van der Waals surface area contributed by atoms with E-state index in [1.54, 1.807) is 0 Å². The molecule has 2 rings (SSSR count). The summed E-state index contributed by atoms with van der Waals surface area (Å²) >= 11 is 0. The number of carbonyl (C=O) groups excluding carboxylic acids is 1. The van der Waals surface area contributed by atoms with Crippen molar-refractivity contribution in [3.63, 3.8) is 0 Å². The molecular weight excluding hydrogens is 274 g/mol. The predicted octanol–water partition coefficient (Wildman–Crippen LogP) is 1.60. The lowest BCUT2D eigenvalue weighted by molar-refractivity contribution is -0.137. The number of hydrogen-bond acceptors (Lipinski definition) is 3. The Morgan fingerprint density at radius 1 is 1.30 bits per heavy atom. The van der Waals surface area contributed by atoms with Gasteiger partial charge < -0.3 is 15.1 Å². The number of hydrogen-bond donors (Lipinski definition) is 1. The third-order valence-electron chi connectivity index (χ3n) is 4.83. The molecule has 2 heterocycles. The zero-order valence-electron chi connectivity index (χ0n) is 13.1. The van der Waals surface area contributed by atoms with Crippen LogP contribution in [-0.4, -0.2) is 61.5 Å². The minimum atomic E-state index is 0. The highest BCUT2D eigenvalue weighted by atomic mass is 35.5. The first-order valence-corrected chi connectivity index (χ1v) is 7.83. The molecule has 0 aromatic rings. The average Bonchev–Trinajstić information content (AvgIpc) is 2.84. The second kappa shape index (κ2) is 8.20. The summed E-state index contributed by atoms with van der Waals surface area (Å²) < 4.78 is 0. The number of halogens is 1. The zero-order chi connectivity index (χ0) is 13.8. The van der Waals surface area contributed by atoms with Gasteiger partial charge in [0.2, 0.25) is 5.91 Å². The molecule has 2 aliphatic rings. The van der Waals surface area contributed by atoms with E-state index in [0.717, 1.165) is 39.0 Å². The fourth-order valence-electron chi connectivity index (χ4n) is 3.43. The zero-order valence-corrected chi connectivity index (χ0v) is 13.9. The Labute approximate surface area is 129 Å². The molecule has 0 aliphatic carbocycles. The molecule has 0 saturated carbocycles. The van der Waals surface area contributed by atoms with Gasteiger partial charge in [-0.05, 0) is 38.3 Å². The fraction of sp³-hybridized carbons (Fsp3) is 0.933. The second-order valence-corrected chi connectivity index (χ2v) is 6.26. The van der Waals surface area contributed by atoms with Gasteiger partial charge in [0.15, 0.2) is 0 Å². The van der Waals surface area contributed by atoms with E-state index in [-0.39, 0.29) is 18.3 Å². The van der Waals surface area contributed by atoms with Crippen LogP contribution < -0.4 is 5.32 Å². The quantitative estimate of drug-likeness (QED) is 0.857. The fourth-order valence-corrected chi connectivity index (χ4v) is 3.43. The first-order chi connectivity index (χ1) is 9.13. The van der Waals surface area contributed by atoms with E-state index in [1.807, 2.05) is 11.9 Å². The number of carbonyl (C=O) groups is 1. The summed E-state index contributed by atoms with van der Waals surface area (Å²) in [6.07, 6.45) is 3.50. The Morgan fingerprint density at radius 3 is 2.45 bits per heavy atom. The van der Waals surface area contributed by atoms with Crippen LogP contribution >= 0.6 is 12.4 Å². The van der Waals surface area contributed by atoms with Gasteiger partial charge in [0.1, 0.15) is 0 Å². The summed E-state index contributed by atoms with van der Waals surface area (Å²) in [5, 5.41) is 3.33.